The molecule has 0 bridgehead atoms. The van der Waals surface area contributed by atoms with Crippen molar-refractivity contribution < 1.29 is 14.7 Å². The van der Waals surface area contributed by atoms with Crippen LogP contribution in [0.3, 0.4) is 0 Å². The minimum atomic E-state index is -0.934. The zero-order chi connectivity index (χ0) is 22.4. The summed E-state index contributed by atoms with van der Waals surface area (Å²) in [4.78, 5) is 27.5. The fourth-order valence-corrected chi connectivity index (χ4v) is 3.55. The van der Waals surface area contributed by atoms with Crippen LogP contribution in [0, 0.1) is 12.8 Å². The van der Waals surface area contributed by atoms with Crippen LogP contribution in [0.4, 0.5) is 5.69 Å². The van der Waals surface area contributed by atoms with Crippen molar-refractivity contribution in [2.24, 2.45) is 5.92 Å². The number of para-hydroxylation sites is 1. The maximum atomic E-state index is 12.2. The van der Waals surface area contributed by atoms with E-state index in [-0.39, 0.29) is 24.9 Å². The van der Waals surface area contributed by atoms with Crippen LogP contribution in [-0.2, 0) is 4.79 Å². The first-order valence-corrected chi connectivity index (χ1v) is 10.6. The van der Waals surface area contributed by atoms with Gasteiger partial charge >= 0.3 is 5.97 Å². The summed E-state index contributed by atoms with van der Waals surface area (Å²) >= 11 is 0. The number of aliphatic carboxylic acids is 1. The first-order valence-electron chi connectivity index (χ1n) is 10.6. The molecule has 31 heavy (non-hydrogen) atoms. The van der Waals surface area contributed by atoms with Crippen LogP contribution in [0.15, 0.2) is 54.6 Å². The molecule has 0 saturated carbocycles. The van der Waals surface area contributed by atoms with Crippen LogP contribution in [-0.4, -0.2) is 28.5 Å². The highest BCUT2D eigenvalue weighted by Crippen LogP contribution is 2.29. The van der Waals surface area contributed by atoms with Gasteiger partial charge in [0.2, 0.25) is 0 Å². The number of aromatic nitrogens is 1. The number of aryl methyl sites for hydroxylation is 1. The largest absolute Gasteiger partial charge is 0.481 e. The molecule has 0 fully saturated rings. The van der Waals surface area contributed by atoms with Crippen LogP contribution >= 0.6 is 0 Å². The molecule has 3 N–H and O–H groups in total. The molecular formula is C25H29N3O3. The van der Waals surface area contributed by atoms with Crippen LogP contribution in [0.25, 0.3) is 10.9 Å². The van der Waals surface area contributed by atoms with E-state index in [0.29, 0.717) is 11.5 Å². The molecule has 0 aliphatic heterocycles. The second-order valence-corrected chi connectivity index (χ2v) is 8.16. The summed E-state index contributed by atoms with van der Waals surface area (Å²) in [5.41, 5.74) is 4.52. The van der Waals surface area contributed by atoms with Crippen molar-refractivity contribution in [3.8, 4) is 0 Å². The van der Waals surface area contributed by atoms with E-state index in [1.807, 2.05) is 37.3 Å². The maximum absolute atomic E-state index is 12.2. The minimum Gasteiger partial charge on any atom is -0.481 e. The van der Waals surface area contributed by atoms with Gasteiger partial charge in [0.1, 0.15) is 0 Å². The molecule has 1 atom stereocenters. The van der Waals surface area contributed by atoms with Gasteiger partial charge in [-0.05, 0) is 49.1 Å². The minimum absolute atomic E-state index is 0.0748. The van der Waals surface area contributed by atoms with Crippen molar-refractivity contribution in [3.63, 3.8) is 0 Å². The topological polar surface area (TPSA) is 91.3 Å². The van der Waals surface area contributed by atoms with E-state index < -0.39 is 5.97 Å². The van der Waals surface area contributed by atoms with Gasteiger partial charge in [-0.15, -0.1) is 0 Å². The van der Waals surface area contributed by atoms with Crippen molar-refractivity contribution >= 4 is 28.5 Å². The van der Waals surface area contributed by atoms with Crippen LogP contribution < -0.4 is 10.6 Å². The third-order valence-corrected chi connectivity index (χ3v) is 5.15. The summed E-state index contributed by atoms with van der Waals surface area (Å²) in [6.07, 6.45) is 0.833. The van der Waals surface area contributed by atoms with E-state index in [1.54, 1.807) is 12.1 Å². The number of rotatable bonds is 9. The highest BCUT2D eigenvalue weighted by Gasteiger charge is 2.16. The lowest BCUT2D eigenvalue weighted by Gasteiger charge is -2.23. The lowest BCUT2D eigenvalue weighted by atomic mass is 9.95. The van der Waals surface area contributed by atoms with E-state index in [1.165, 1.54) is 0 Å². The van der Waals surface area contributed by atoms with Gasteiger partial charge in [0.05, 0.1) is 29.4 Å². The van der Waals surface area contributed by atoms with Crippen LogP contribution in [0.2, 0.25) is 0 Å². The Morgan fingerprint density at radius 1 is 1.06 bits per heavy atom. The van der Waals surface area contributed by atoms with E-state index in [2.05, 4.69) is 36.6 Å². The zero-order valence-electron chi connectivity index (χ0n) is 18.2. The quantitative estimate of drug-likeness (QED) is 0.457. The van der Waals surface area contributed by atoms with Crippen molar-refractivity contribution in [2.75, 3.05) is 11.9 Å². The molecule has 3 aromatic rings. The van der Waals surface area contributed by atoms with Crippen molar-refractivity contribution in [1.82, 2.24) is 10.3 Å². The van der Waals surface area contributed by atoms with Crippen molar-refractivity contribution in [2.45, 2.75) is 39.7 Å². The SMILES string of the molecule is Cc1nc2ccccc2cc1NC(CC(C)C)c1ccc(C(=O)NCCC(=O)O)cc1. The number of nitrogens with one attached hydrogen (secondary N) is 2. The van der Waals surface area contributed by atoms with Gasteiger partial charge in [0.15, 0.2) is 0 Å². The Morgan fingerprint density at radius 3 is 2.45 bits per heavy atom. The van der Waals surface area contributed by atoms with Crippen molar-refractivity contribution in [3.05, 3.63) is 71.4 Å². The number of nitrogens with zero attached hydrogens (tertiary/aromatic N) is 1. The molecule has 0 aliphatic carbocycles. The number of benzene rings is 2. The molecule has 6 nitrogen and oxygen atoms in total. The highest BCUT2D eigenvalue weighted by atomic mass is 16.4. The van der Waals surface area contributed by atoms with E-state index in [9.17, 15) is 9.59 Å². The smallest absolute Gasteiger partial charge is 0.305 e. The molecule has 1 heterocycles. The molecular weight excluding hydrogens is 390 g/mol. The average Bonchev–Trinajstić information content (AvgIpc) is 2.73. The van der Waals surface area contributed by atoms with Crippen LogP contribution in [0.1, 0.15) is 54.3 Å². The Bertz CT molecular complexity index is 1060. The van der Waals surface area contributed by atoms with E-state index in [0.717, 1.165) is 34.3 Å². The summed E-state index contributed by atoms with van der Waals surface area (Å²) in [6.45, 7) is 6.49. The second-order valence-electron chi connectivity index (χ2n) is 8.16. The lowest BCUT2D eigenvalue weighted by molar-refractivity contribution is -0.136. The first-order chi connectivity index (χ1) is 14.8. The summed E-state index contributed by atoms with van der Waals surface area (Å²) < 4.78 is 0. The Labute approximate surface area is 182 Å². The van der Waals surface area contributed by atoms with Gasteiger partial charge in [-0.1, -0.05) is 44.2 Å². The number of amides is 1. The van der Waals surface area contributed by atoms with Gasteiger partial charge in [-0.3, -0.25) is 14.6 Å². The Kier molecular flexibility index (Phi) is 7.23. The Hall–Kier alpha value is -3.41. The Balaban J connectivity index is 1.79. The number of anilines is 1. The number of carbonyl (C=O) groups excluding carboxylic acids is 1. The molecule has 0 spiro atoms. The Morgan fingerprint density at radius 2 is 1.77 bits per heavy atom. The normalized spacial score (nSPS) is 12.0. The fraction of sp³-hybridized carbons (Fsp3) is 0.320. The van der Waals surface area contributed by atoms with Gasteiger partial charge in [0.25, 0.3) is 5.91 Å². The van der Waals surface area contributed by atoms with E-state index >= 15 is 0 Å². The number of carboxylic acid groups (broad SMARTS) is 1. The number of hydrogen-bond acceptors (Lipinski definition) is 4. The number of pyridine rings is 1. The third-order valence-electron chi connectivity index (χ3n) is 5.15. The summed E-state index contributed by atoms with van der Waals surface area (Å²) in [5, 5.41) is 16.1. The zero-order valence-corrected chi connectivity index (χ0v) is 18.2. The number of carboxylic acids is 1. The molecule has 162 valence electrons. The molecule has 2 aromatic carbocycles. The summed E-state index contributed by atoms with van der Waals surface area (Å²) in [6, 6.07) is 17.8. The molecule has 0 saturated heterocycles. The van der Waals surface area contributed by atoms with Gasteiger partial charge in [0, 0.05) is 17.5 Å². The molecule has 6 heteroatoms. The maximum Gasteiger partial charge on any atom is 0.305 e. The van der Waals surface area contributed by atoms with E-state index in [4.69, 9.17) is 10.1 Å². The number of hydrogen-bond donors (Lipinski definition) is 3. The summed E-state index contributed by atoms with van der Waals surface area (Å²) in [5.74, 6) is -0.724. The first kappa shape index (κ1) is 22.3. The van der Waals surface area contributed by atoms with Crippen molar-refractivity contribution in [1.29, 1.82) is 0 Å². The van der Waals surface area contributed by atoms with Gasteiger partial charge in [-0.25, -0.2) is 0 Å². The lowest BCUT2D eigenvalue weighted by Crippen LogP contribution is -2.26. The van der Waals surface area contributed by atoms with Gasteiger partial charge in [-0.2, -0.15) is 0 Å². The molecule has 3 rings (SSSR count). The second kappa shape index (κ2) is 10.1. The predicted octanol–water partition coefficient (Wildman–Crippen LogP) is 4.95. The monoisotopic (exact) mass is 419 g/mol. The highest BCUT2D eigenvalue weighted by molar-refractivity contribution is 5.94. The molecule has 0 aliphatic rings. The predicted molar refractivity (Wildman–Crippen MR) is 123 cm³/mol. The number of fused-ring (bicyclic) bond motifs is 1. The molecule has 1 aromatic heterocycles. The summed E-state index contributed by atoms with van der Waals surface area (Å²) in [7, 11) is 0. The number of carbonyl (C=O) groups is 2. The fourth-order valence-electron chi connectivity index (χ4n) is 3.55. The van der Waals surface area contributed by atoms with Gasteiger partial charge < -0.3 is 15.7 Å². The molecule has 0 radical (unpaired) electrons. The third kappa shape index (κ3) is 6.04. The average molecular weight is 420 g/mol. The molecule has 1 unspecified atom stereocenters. The molecule has 1 amide bonds. The standard InChI is InChI=1S/C25H29N3O3/c1-16(2)14-23(28-22-15-20-6-4-5-7-21(20)27-17(22)3)18-8-10-19(11-9-18)25(31)26-13-12-24(29)30/h4-11,15-16,23,28H,12-14H2,1-3H3,(H,26,31)(H,29,30). The van der Waals surface area contributed by atoms with Crippen LogP contribution in [0.5, 0.6) is 0 Å².